The van der Waals surface area contributed by atoms with Crippen LogP contribution < -0.4 is 5.32 Å². The summed E-state index contributed by atoms with van der Waals surface area (Å²) in [5, 5.41) is 30.9. The summed E-state index contributed by atoms with van der Waals surface area (Å²) in [7, 11) is 0. The Balaban J connectivity index is 1.77. The summed E-state index contributed by atoms with van der Waals surface area (Å²) in [5.74, 6) is -1.15. The van der Waals surface area contributed by atoms with Gasteiger partial charge >= 0.3 is 12.0 Å². The van der Waals surface area contributed by atoms with Crippen LogP contribution >= 0.6 is 0 Å². The maximum Gasteiger partial charge on any atom is 0.332 e. The van der Waals surface area contributed by atoms with Gasteiger partial charge in [-0.2, -0.15) is 0 Å². The maximum atomic E-state index is 12.0. The van der Waals surface area contributed by atoms with Crippen molar-refractivity contribution < 1.29 is 24.9 Å². The Morgan fingerprint density at radius 3 is 2.81 bits per heavy atom. The van der Waals surface area contributed by atoms with Gasteiger partial charge in [0.2, 0.25) is 0 Å². The molecule has 3 atom stereocenters. The van der Waals surface area contributed by atoms with E-state index in [4.69, 9.17) is 10.2 Å². The molecule has 120 valence electrons. The van der Waals surface area contributed by atoms with Crippen LogP contribution in [0.25, 0.3) is 0 Å². The molecule has 0 aromatic carbocycles. The van der Waals surface area contributed by atoms with E-state index in [9.17, 15) is 14.7 Å². The number of urea groups is 1. The summed E-state index contributed by atoms with van der Waals surface area (Å²) in [6, 6.07) is -0.250. The smallest absolute Gasteiger partial charge is 0.332 e. The second-order valence-electron chi connectivity index (χ2n) is 6.12. The van der Waals surface area contributed by atoms with Gasteiger partial charge in [0, 0.05) is 32.0 Å². The van der Waals surface area contributed by atoms with Crippen molar-refractivity contribution in [3.05, 3.63) is 0 Å². The summed E-state index contributed by atoms with van der Waals surface area (Å²) < 4.78 is 0. The highest BCUT2D eigenvalue weighted by atomic mass is 16.4. The van der Waals surface area contributed by atoms with E-state index in [0.29, 0.717) is 19.5 Å². The first-order valence-electron chi connectivity index (χ1n) is 7.58. The van der Waals surface area contributed by atoms with Crippen molar-refractivity contribution in [3.63, 3.8) is 0 Å². The number of aliphatic hydroxyl groups is 2. The minimum Gasteiger partial charge on any atom is -0.479 e. The van der Waals surface area contributed by atoms with E-state index in [-0.39, 0.29) is 24.9 Å². The third kappa shape index (κ3) is 3.85. The lowest BCUT2D eigenvalue weighted by molar-refractivity contribution is -0.146. The molecular weight excluding hydrogens is 276 g/mol. The number of likely N-dealkylation sites (tertiary alicyclic amines) is 1. The van der Waals surface area contributed by atoms with E-state index in [2.05, 4.69) is 5.32 Å². The van der Waals surface area contributed by atoms with Gasteiger partial charge in [-0.15, -0.1) is 0 Å². The van der Waals surface area contributed by atoms with E-state index >= 15 is 0 Å². The Bertz CT molecular complexity index is 403. The predicted molar refractivity (Wildman–Crippen MR) is 74.8 cm³/mol. The molecule has 7 nitrogen and oxygen atoms in total. The van der Waals surface area contributed by atoms with E-state index in [1.54, 1.807) is 4.90 Å². The van der Waals surface area contributed by atoms with Crippen molar-refractivity contribution in [3.8, 4) is 0 Å². The van der Waals surface area contributed by atoms with Gasteiger partial charge in [-0.25, -0.2) is 9.59 Å². The molecule has 2 unspecified atom stereocenters. The first-order valence-corrected chi connectivity index (χ1v) is 7.58. The first-order chi connectivity index (χ1) is 9.92. The number of aliphatic hydroxyl groups excluding tert-OH is 1. The monoisotopic (exact) mass is 300 g/mol. The number of hydrogen-bond acceptors (Lipinski definition) is 4. The molecule has 0 radical (unpaired) electrons. The van der Waals surface area contributed by atoms with Gasteiger partial charge in [0.1, 0.15) is 0 Å². The SMILES string of the molecule is O=C(O)[C@@H](O)CCNC(=O)N1CCC2(O)CCCCC2C1. The number of carbonyl (C=O) groups is 2. The van der Waals surface area contributed by atoms with Gasteiger partial charge < -0.3 is 25.5 Å². The lowest BCUT2D eigenvalue weighted by atomic mass is 9.71. The van der Waals surface area contributed by atoms with Gasteiger partial charge in [0.05, 0.1) is 5.60 Å². The number of carboxylic acid groups (broad SMARTS) is 1. The van der Waals surface area contributed by atoms with Crippen LogP contribution in [0.1, 0.15) is 38.5 Å². The normalized spacial score (nSPS) is 30.4. The summed E-state index contributed by atoms with van der Waals surface area (Å²) in [6.45, 7) is 1.18. The minimum absolute atomic E-state index is 0.0116. The molecule has 0 aromatic heterocycles. The third-order valence-corrected chi connectivity index (χ3v) is 4.69. The summed E-state index contributed by atoms with van der Waals surface area (Å²) >= 11 is 0. The number of rotatable bonds is 4. The molecule has 1 aliphatic heterocycles. The highest BCUT2D eigenvalue weighted by Crippen LogP contribution is 2.39. The van der Waals surface area contributed by atoms with Gasteiger partial charge in [0.15, 0.2) is 6.10 Å². The molecule has 2 fully saturated rings. The number of nitrogens with zero attached hydrogens (tertiary/aromatic N) is 1. The van der Waals surface area contributed by atoms with Gasteiger partial charge in [-0.3, -0.25) is 0 Å². The van der Waals surface area contributed by atoms with E-state index in [1.807, 2.05) is 0 Å². The summed E-state index contributed by atoms with van der Waals surface area (Å²) in [6.07, 6.45) is 3.04. The van der Waals surface area contributed by atoms with Crippen LogP contribution in [0.15, 0.2) is 0 Å². The lowest BCUT2D eigenvalue weighted by Gasteiger charge is -2.47. The number of carbonyl (C=O) groups excluding carboxylic acids is 1. The van der Waals surface area contributed by atoms with Crippen molar-refractivity contribution in [2.24, 2.45) is 5.92 Å². The molecule has 7 heteroatoms. The Kier molecular flexibility index (Phi) is 5.05. The second-order valence-corrected chi connectivity index (χ2v) is 6.12. The maximum absolute atomic E-state index is 12.0. The summed E-state index contributed by atoms with van der Waals surface area (Å²) in [4.78, 5) is 24.2. The standard InChI is InChI=1S/C14H24N2O5/c17-11(12(18)19)4-7-15-13(20)16-8-6-14(21)5-2-1-3-10(14)9-16/h10-11,17,21H,1-9H2,(H,15,20)(H,18,19)/t10?,11-,14?/m0/s1. The zero-order valence-corrected chi connectivity index (χ0v) is 12.1. The molecule has 1 saturated carbocycles. The Hall–Kier alpha value is -1.34. The fraction of sp³-hybridized carbons (Fsp3) is 0.857. The quantitative estimate of drug-likeness (QED) is 0.591. The summed E-state index contributed by atoms with van der Waals surface area (Å²) in [5.41, 5.74) is -0.617. The van der Waals surface area contributed by atoms with Crippen molar-refractivity contribution in [2.45, 2.75) is 50.2 Å². The van der Waals surface area contributed by atoms with Crippen LogP contribution in [0.3, 0.4) is 0 Å². The van der Waals surface area contributed by atoms with Crippen LogP contribution in [0, 0.1) is 5.92 Å². The van der Waals surface area contributed by atoms with Crippen molar-refractivity contribution >= 4 is 12.0 Å². The number of piperidine rings is 1. The molecule has 2 amide bonds. The fourth-order valence-corrected chi connectivity index (χ4v) is 3.31. The number of amides is 2. The van der Waals surface area contributed by atoms with E-state index in [1.165, 1.54) is 0 Å². The number of carboxylic acids is 1. The molecule has 4 N–H and O–H groups in total. The number of aliphatic carboxylic acids is 1. The van der Waals surface area contributed by atoms with E-state index < -0.39 is 17.7 Å². The van der Waals surface area contributed by atoms with Crippen molar-refractivity contribution in [2.75, 3.05) is 19.6 Å². The number of hydrogen-bond donors (Lipinski definition) is 4. The Morgan fingerprint density at radius 2 is 2.10 bits per heavy atom. The predicted octanol–water partition coefficient (Wildman–Crippen LogP) is 0.159. The van der Waals surface area contributed by atoms with Gasteiger partial charge in [0.25, 0.3) is 0 Å². The minimum atomic E-state index is -1.45. The molecule has 1 saturated heterocycles. The molecule has 0 aromatic rings. The molecule has 2 aliphatic rings. The second kappa shape index (κ2) is 6.62. The van der Waals surface area contributed by atoms with Crippen LogP contribution in [0.5, 0.6) is 0 Å². The largest absolute Gasteiger partial charge is 0.479 e. The average Bonchev–Trinajstić information content (AvgIpc) is 2.45. The van der Waals surface area contributed by atoms with Crippen molar-refractivity contribution in [1.82, 2.24) is 10.2 Å². The van der Waals surface area contributed by atoms with Gasteiger partial charge in [-0.1, -0.05) is 12.8 Å². The average molecular weight is 300 g/mol. The zero-order chi connectivity index (χ0) is 15.5. The topological polar surface area (TPSA) is 110 Å². The van der Waals surface area contributed by atoms with Crippen LogP contribution in [-0.2, 0) is 4.79 Å². The number of nitrogens with one attached hydrogen (secondary N) is 1. The van der Waals surface area contributed by atoms with Crippen LogP contribution in [0.2, 0.25) is 0 Å². The molecule has 0 bridgehead atoms. The van der Waals surface area contributed by atoms with Crippen LogP contribution in [0.4, 0.5) is 4.79 Å². The third-order valence-electron chi connectivity index (χ3n) is 4.69. The molecule has 1 heterocycles. The number of fused-ring (bicyclic) bond motifs is 1. The van der Waals surface area contributed by atoms with Crippen molar-refractivity contribution in [1.29, 1.82) is 0 Å². The lowest BCUT2D eigenvalue weighted by Crippen LogP contribution is -2.56. The highest BCUT2D eigenvalue weighted by Gasteiger charge is 2.43. The van der Waals surface area contributed by atoms with Crippen LogP contribution in [-0.4, -0.2) is 63.6 Å². The fourth-order valence-electron chi connectivity index (χ4n) is 3.31. The van der Waals surface area contributed by atoms with E-state index in [0.717, 1.165) is 25.7 Å². The van der Waals surface area contributed by atoms with Gasteiger partial charge in [-0.05, 0) is 19.3 Å². The molecule has 1 aliphatic carbocycles. The molecule has 21 heavy (non-hydrogen) atoms. The first kappa shape index (κ1) is 16.0. The molecular formula is C14H24N2O5. The Labute approximate surface area is 123 Å². The highest BCUT2D eigenvalue weighted by molar-refractivity contribution is 5.75. The Morgan fingerprint density at radius 1 is 1.33 bits per heavy atom. The molecule has 0 spiro atoms. The zero-order valence-electron chi connectivity index (χ0n) is 12.1. The molecule has 2 rings (SSSR count).